The molecule has 4 heterocycles. The Labute approximate surface area is 260 Å². The number of rotatable bonds is 7. The zero-order chi connectivity index (χ0) is 30.5. The number of aromatic nitrogens is 2. The van der Waals surface area contributed by atoms with Crippen molar-refractivity contribution in [1.29, 1.82) is 0 Å². The summed E-state index contributed by atoms with van der Waals surface area (Å²) in [6, 6.07) is 7.12. The molecule has 0 bridgehead atoms. The Morgan fingerprint density at radius 3 is 2.27 bits per heavy atom. The molecular weight excluding hydrogens is 588 g/mol. The molecule has 7 rings (SSSR count). The first-order valence-electron chi connectivity index (χ1n) is 15.3. The van der Waals surface area contributed by atoms with Crippen LogP contribution in [-0.2, 0) is 4.79 Å². The molecule has 3 saturated heterocycles. The molecule has 9 nitrogen and oxygen atoms in total. The maximum Gasteiger partial charge on any atom is 0.246 e. The molecular formula is C32H36ClF2N7O2. The number of ether oxygens (including phenoxy) is 1. The van der Waals surface area contributed by atoms with Gasteiger partial charge >= 0.3 is 0 Å². The van der Waals surface area contributed by atoms with Crippen molar-refractivity contribution >= 4 is 40.2 Å². The summed E-state index contributed by atoms with van der Waals surface area (Å²) >= 11 is 6.70. The first-order valence-corrected chi connectivity index (χ1v) is 15.7. The number of amides is 1. The molecule has 1 aliphatic carbocycles. The minimum Gasteiger partial charge on any atom is -0.496 e. The summed E-state index contributed by atoms with van der Waals surface area (Å²) < 4.78 is 37.1. The van der Waals surface area contributed by atoms with E-state index in [9.17, 15) is 4.79 Å². The van der Waals surface area contributed by atoms with Crippen molar-refractivity contribution in [3.63, 3.8) is 0 Å². The normalized spacial score (nSPS) is 20.2. The maximum atomic E-state index is 16.6. The van der Waals surface area contributed by atoms with Gasteiger partial charge in [0.25, 0.3) is 0 Å². The average molecular weight is 624 g/mol. The second-order valence-corrected chi connectivity index (χ2v) is 12.4. The Kier molecular flexibility index (Phi) is 7.80. The van der Waals surface area contributed by atoms with Crippen LogP contribution in [0.2, 0.25) is 5.02 Å². The molecule has 3 aliphatic heterocycles. The molecule has 3 aromatic rings. The van der Waals surface area contributed by atoms with Crippen molar-refractivity contribution in [2.75, 3.05) is 82.4 Å². The van der Waals surface area contributed by atoms with Gasteiger partial charge in [-0.2, -0.15) is 4.98 Å². The van der Waals surface area contributed by atoms with E-state index in [4.69, 9.17) is 26.3 Å². The Bertz CT molecular complexity index is 1600. The summed E-state index contributed by atoms with van der Waals surface area (Å²) in [4.78, 5) is 32.9. The first kappa shape index (κ1) is 29.2. The van der Waals surface area contributed by atoms with Crippen molar-refractivity contribution in [2.45, 2.75) is 24.9 Å². The Hall–Kier alpha value is -3.54. The van der Waals surface area contributed by atoms with Crippen LogP contribution in [0.5, 0.6) is 5.75 Å². The van der Waals surface area contributed by atoms with Crippen molar-refractivity contribution in [3.8, 4) is 16.9 Å². The Balaban J connectivity index is 1.23. The van der Waals surface area contributed by atoms with E-state index in [-0.39, 0.29) is 33.3 Å². The topological polar surface area (TPSA) is 68.3 Å². The summed E-state index contributed by atoms with van der Waals surface area (Å²) in [7, 11) is 1.41. The van der Waals surface area contributed by atoms with Crippen LogP contribution in [0.1, 0.15) is 12.8 Å². The summed E-state index contributed by atoms with van der Waals surface area (Å²) in [5.74, 6) is -0.346. The SMILES string of the molecule is C=CC(=O)N1CCN(c2nc(N3CC(N4CCN(C5CC5)CC4)C3)nc3c(F)c(-c4c(F)cccc4OC)c(Cl)cc23)CC1. The van der Waals surface area contributed by atoms with Gasteiger partial charge in [0.15, 0.2) is 5.82 Å². The van der Waals surface area contributed by atoms with Gasteiger partial charge in [-0.15, -0.1) is 0 Å². The molecule has 4 aliphatic rings. The number of hydrogen-bond donors (Lipinski definition) is 0. The van der Waals surface area contributed by atoms with Gasteiger partial charge in [-0.1, -0.05) is 24.2 Å². The number of fused-ring (bicyclic) bond motifs is 1. The lowest BCUT2D eigenvalue weighted by Crippen LogP contribution is -2.63. The molecule has 1 amide bonds. The van der Waals surface area contributed by atoms with E-state index in [1.54, 1.807) is 17.0 Å². The lowest BCUT2D eigenvalue weighted by molar-refractivity contribution is -0.126. The average Bonchev–Trinajstić information content (AvgIpc) is 3.87. The molecule has 0 radical (unpaired) electrons. The predicted molar refractivity (Wildman–Crippen MR) is 168 cm³/mol. The fourth-order valence-electron chi connectivity index (χ4n) is 6.72. The maximum absolute atomic E-state index is 16.6. The lowest BCUT2D eigenvalue weighted by Gasteiger charge is -2.48. The largest absolute Gasteiger partial charge is 0.496 e. The molecule has 0 atom stereocenters. The van der Waals surface area contributed by atoms with E-state index in [1.807, 2.05) is 4.90 Å². The number of benzene rings is 2. The molecule has 2 aromatic carbocycles. The van der Waals surface area contributed by atoms with E-state index in [2.05, 4.69) is 21.3 Å². The van der Waals surface area contributed by atoms with Gasteiger partial charge < -0.3 is 19.4 Å². The smallest absolute Gasteiger partial charge is 0.246 e. The monoisotopic (exact) mass is 623 g/mol. The second-order valence-electron chi connectivity index (χ2n) is 12.0. The highest BCUT2D eigenvalue weighted by Crippen LogP contribution is 2.43. The van der Waals surface area contributed by atoms with Crippen LogP contribution >= 0.6 is 11.6 Å². The van der Waals surface area contributed by atoms with Gasteiger partial charge in [-0.3, -0.25) is 14.6 Å². The third-order valence-electron chi connectivity index (χ3n) is 9.44. The van der Waals surface area contributed by atoms with E-state index in [0.717, 1.165) is 45.3 Å². The van der Waals surface area contributed by atoms with Gasteiger partial charge in [0.2, 0.25) is 11.9 Å². The van der Waals surface area contributed by atoms with Gasteiger partial charge in [-0.05, 0) is 37.1 Å². The molecule has 0 N–H and O–H groups in total. The van der Waals surface area contributed by atoms with Crippen LogP contribution in [0, 0.1) is 11.6 Å². The third kappa shape index (κ3) is 5.24. The minimum absolute atomic E-state index is 0.0332. The molecule has 44 heavy (non-hydrogen) atoms. The number of methoxy groups -OCH3 is 1. The number of carbonyl (C=O) groups excluding carboxylic acids is 1. The van der Waals surface area contributed by atoms with Crippen LogP contribution < -0.4 is 14.5 Å². The highest BCUT2D eigenvalue weighted by Gasteiger charge is 2.38. The quantitative estimate of drug-likeness (QED) is 0.366. The molecule has 1 aromatic heterocycles. The van der Waals surface area contributed by atoms with E-state index < -0.39 is 11.6 Å². The fraction of sp³-hybridized carbons (Fsp3) is 0.469. The highest BCUT2D eigenvalue weighted by atomic mass is 35.5. The van der Waals surface area contributed by atoms with Crippen LogP contribution in [0.3, 0.4) is 0 Å². The standard InChI is InChI=1S/C32H36ClF2N7O2/c1-3-26(43)40-13-15-41(16-14-40)31-22-17-23(33)27(28-24(34)5-4-6-25(28)44-2)29(35)30(22)36-32(37-31)42-18-21(19-42)39-11-9-38(10-12-39)20-7-8-20/h3-6,17,20-21H,1,7-16,18-19H2,2H3. The summed E-state index contributed by atoms with van der Waals surface area (Å²) in [6.45, 7) is 11.4. The van der Waals surface area contributed by atoms with E-state index in [0.29, 0.717) is 49.4 Å². The number of nitrogens with zero attached hydrogens (tertiary/aromatic N) is 7. The van der Waals surface area contributed by atoms with Crippen molar-refractivity contribution in [1.82, 2.24) is 24.7 Å². The molecule has 0 unspecified atom stereocenters. The molecule has 1 saturated carbocycles. The zero-order valence-electron chi connectivity index (χ0n) is 24.8. The van der Waals surface area contributed by atoms with Gasteiger partial charge in [-0.25, -0.2) is 13.8 Å². The van der Waals surface area contributed by atoms with Gasteiger partial charge in [0.1, 0.15) is 22.9 Å². The predicted octanol–water partition coefficient (Wildman–Crippen LogP) is 4.04. The number of hydrogen-bond acceptors (Lipinski definition) is 8. The van der Waals surface area contributed by atoms with Crippen LogP contribution in [0.25, 0.3) is 22.0 Å². The molecule has 0 spiro atoms. The Morgan fingerprint density at radius 2 is 1.64 bits per heavy atom. The fourth-order valence-corrected chi connectivity index (χ4v) is 7.01. The van der Waals surface area contributed by atoms with Crippen LogP contribution in [0.15, 0.2) is 36.9 Å². The van der Waals surface area contributed by atoms with E-state index in [1.165, 1.54) is 38.2 Å². The number of carbonyl (C=O) groups is 1. The third-order valence-corrected chi connectivity index (χ3v) is 9.73. The van der Waals surface area contributed by atoms with E-state index >= 15 is 8.78 Å². The summed E-state index contributed by atoms with van der Waals surface area (Å²) in [6.07, 6.45) is 3.96. The lowest BCUT2D eigenvalue weighted by atomic mass is 10.0. The van der Waals surface area contributed by atoms with Crippen molar-refractivity contribution in [3.05, 3.63) is 53.6 Å². The zero-order valence-corrected chi connectivity index (χ0v) is 25.6. The highest BCUT2D eigenvalue weighted by molar-refractivity contribution is 6.34. The molecule has 232 valence electrons. The first-order chi connectivity index (χ1) is 21.4. The number of piperazine rings is 2. The van der Waals surface area contributed by atoms with Crippen molar-refractivity contribution < 1.29 is 18.3 Å². The number of anilines is 2. The second kappa shape index (κ2) is 11.8. The van der Waals surface area contributed by atoms with Gasteiger partial charge in [0, 0.05) is 88.5 Å². The Morgan fingerprint density at radius 1 is 0.955 bits per heavy atom. The van der Waals surface area contributed by atoms with Crippen LogP contribution in [-0.4, -0.2) is 115 Å². The summed E-state index contributed by atoms with van der Waals surface area (Å²) in [5, 5.41) is 0.470. The van der Waals surface area contributed by atoms with Crippen molar-refractivity contribution in [2.24, 2.45) is 0 Å². The van der Waals surface area contributed by atoms with Gasteiger partial charge in [0.05, 0.1) is 17.7 Å². The minimum atomic E-state index is -0.727. The molecule has 4 fully saturated rings. The van der Waals surface area contributed by atoms with Crippen LogP contribution in [0.4, 0.5) is 20.5 Å². The summed E-state index contributed by atoms with van der Waals surface area (Å²) in [5.41, 5.74) is -0.0750. The number of halogens is 3. The molecule has 12 heteroatoms.